The molecule has 1 aliphatic heterocycles. The molecule has 4 heteroatoms. The standard InChI is InChI=1S/C24H29F2NO/c25-24(26)14-3-15-27(18-24)16-19-6-10-21(11-7-19)22-12-8-20(9-13-22)17-28-23-4-1-2-5-23/h6-13,23H,1-5,14-18H2. The molecule has 1 aliphatic carbocycles. The molecule has 1 saturated heterocycles. The molecular weight excluding hydrogens is 356 g/mol. The lowest BCUT2D eigenvalue weighted by Gasteiger charge is -2.32. The fourth-order valence-corrected chi connectivity index (χ4v) is 4.30. The zero-order valence-electron chi connectivity index (χ0n) is 16.4. The molecule has 1 heterocycles. The first kappa shape index (κ1) is 19.5. The lowest BCUT2D eigenvalue weighted by atomic mass is 10.0. The predicted molar refractivity (Wildman–Crippen MR) is 108 cm³/mol. The van der Waals surface area contributed by atoms with E-state index in [9.17, 15) is 8.78 Å². The molecule has 28 heavy (non-hydrogen) atoms. The van der Waals surface area contributed by atoms with Crippen LogP contribution >= 0.6 is 0 Å². The number of hydrogen-bond acceptors (Lipinski definition) is 2. The highest BCUT2D eigenvalue weighted by atomic mass is 19.3. The second kappa shape index (κ2) is 8.71. The van der Waals surface area contributed by atoms with E-state index in [2.05, 4.69) is 48.5 Å². The summed E-state index contributed by atoms with van der Waals surface area (Å²) in [6, 6.07) is 16.8. The van der Waals surface area contributed by atoms with Gasteiger partial charge in [-0.05, 0) is 48.1 Å². The van der Waals surface area contributed by atoms with Crippen LogP contribution in [0.4, 0.5) is 8.78 Å². The van der Waals surface area contributed by atoms with Gasteiger partial charge in [0.2, 0.25) is 0 Å². The minimum atomic E-state index is -2.54. The van der Waals surface area contributed by atoms with Gasteiger partial charge < -0.3 is 4.74 Å². The van der Waals surface area contributed by atoms with Gasteiger partial charge in [0.1, 0.15) is 0 Å². The lowest BCUT2D eigenvalue weighted by molar-refractivity contribution is -0.0661. The maximum Gasteiger partial charge on any atom is 0.260 e. The molecule has 0 spiro atoms. The number of piperidine rings is 1. The summed E-state index contributed by atoms with van der Waals surface area (Å²) in [4.78, 5) is 1.86. The van der Waals surface area contributed by atoms with Gasteiger partial charge in [0.05, 0.1) is 19.3 Å². The monoisotopic (exact) mass is 385 g/mol. The van der Waals surface area contributed by atoms with Gasteiger partial charge in [-0.2, -0.15) is 0 Å². The zero-order valence-corrected chi connectivity index (χ0v) is 16.4. The van der Waals surface area contributed by atoms with Crippen LogP contribution in [0.15, 0.2) is 48.5 Å². The molecule has 0 radical (unpaired) electrons. The van der Waals surface area contributed by atoms with E-state index in [1.54, 1.807) is 0 Å². The molecule has 1 saturated carbocycles. The van der Waals surface area contributed by atoms with Crippen molar-refractivity contribution in [3.05, 3.63) is 59.7 Å². The second-order valence-corrected chi connectivity index (χ2v) is 8.28. The maximum absolute atomic E-state index is 13.6. The first-order valence-electron chi connectivity index (χ1n) is 10.5. The highest BCUT2D eigenvalue weighted by Gasteiger charge is 2.34. The minimum absolute atomic E-state index is 0.0180. The van der Waals surface area contributed by atoms with Crippen LogP contribution in [-0.2, 0) is 17.9 Å². The summed E-state index contributed by atoms with van der Waals surface area (Å²) >= 11 is 0. The van der Waals surface area contributed by atoms with Crippen molar-refractivity contribution in [2.24, 2.45) is 0 Å². The molecule has 2 aromatic carbocycles. The van der Waals surface area contributed by atoms with Crippen molar-refractivity contribution in [3.8, 4) is 11.1 Å². The largest absolute Gasteiger partial charge is 0.374 e. The molecular formula is C24H29F2NO. The van der Waals surface area contributed by atoms with E-state index in [1.807, 2.05) is 4.90 Å². The number of benzene rings is 2. The van der Waals surface area contributed by atoms with Crippen LogP contribution in [0.1, 0.15) is 49.7 Å². The molecule has 2 aromatic rings. The molecule has 0 aromatic heterocycles. The third kappa shape index (κ3) is 5.18. The number of halogens is 2. The third-order valence-corrected chi connectivity index (χ3v) is 5.91. The van der Waals surface area contributed by atoms with E-state index in [0.29, 0.717) is 25.7 Å². The Kier molecular flexibility index (Phi) is 6.07. The molecule has 0 bridgehead atoms. The van der Waals surface area contributed by atoms with Crippen molar-refractivity contribution in [1.29, 1.82) is 0 Å². The topological polar surface area (TPSA) is 12.5 Å². The average molecular weight is 385 g/mol. The fraction of sp³-hybridized carbons (Fsp3) is 0.500. The molecule has 2 aliphatic rings. The van der Waals surface area contributed by atoms with Crippen molar-refractivity contribution < 1.29 is 13.5 Å². The van der Waals surface area contributed by atoms with E-state index in [-0.39, 0.29) is 13.0 Å². The molecule has 2 nitrogen and oxygen atoms in total. The van der Waals surface area contributed by atoms with Crippen LogP contribution in [-0.4, -0.2) is 30.0 Å². The molecule has 2 fully saturated rings. The van der Waals surface area contributed by atoms with Gasteiger partial charge in [0.25, 0.3) is 5.92 Å². The van der Waals surface area contributed by atoms with E-state index >= 15 is 0 Å². The summed E-state index contributed by atoms with van der Waals surface area (Å²) in [5.74, 6) is -2.54. The summed E-state index contributed by atoms with van der Waals surface area (Å²) in [5, 5.41) is 0. The second-order valence-electron chi connectivity index (χ2n) is 8.28. The van der Waals surface area contributed by atoms with Crippen LogP contribution in [0.5, 0.6) is 0 Å². The number of nitrogens with zero attached hydrogens (tertiary/aromatic N) is 1. The predicted octanol–water partition coefficient (Wildman–Crippen LogP) is 6.04. The summed E-state index contributed by atoms with van der Waals surface area (Å²) in [6.45, 7) is 1.90. The smallest absolute Gasteiger partial charge is 0.260 e. The first-order chi connectivity index (χ1) is 13.6. The van der Waals surface area contributed by atoms with E-state index in [0.717, 1.165) is 17.7 Å². The highest BCUT2D eigenvalue weighted by Crippen LogP contribution is 2.28. The summed E-state index contributed by atoms with van der Waals surface area (Å²) in [6.07, 6.45) is 6.00. The Labute approximate surface area is 166 Å². The minimum Gasteiger partial charge on any atom is -0.374 e. The molecule has 0 atom stereocenters. The number of hydrogen-bond donors (Lipinski definition) is 0. The van der Waals surface area contributed by atoms with Crippen LogP contribution in [0.2, 0.25) is 0 Å². The lowest BCUT2D eigenvalue weighted by Crippen LogP contribution is -2.41. The van der Waals surface area contributed by atoms with Crippen LogP contribution in [0.3, 0.4) is 0 Å². The number of rotatable bonds is 6. The van der Waals surface area contributed by atoms with Gasteiger partial charge in [0.15, 0.2) is 0 Å². The molecule has 0 unspecified atom stereocenters. The normalized spacial score (nSPS) is 20.5. The fourth-order valence-electron chi connectivity index (χ4n) is 4.30. The van der Waals surface area contributed by atoms with Crippen molar-refractivity contribution in [1.82, 2.24) is 4.90 Å². The van der Waals surface area contributed by atoms with Crippen molar-refractivity contribution >= 4 is 0 Å². The zero-order chi connectivity index (χ0) is 19.4. The van der Waals surface area contributed by atoms with Crippen molar-refractivity contribution in [3.63, 3.8) is 0 Å². The third-order valence-electron chi connectivity index (χ3n) is 5.91. The van der Waals surface area contributed by atoms with Crippen LogP contribution in [0, 0.1) is 0 Å². The summed E-state index contributed by atoms with van der Waals surface area (Å²) < 4.78 is 33.1. The Morgan fingerprint density at radius 1 is 0.857 bits per heavy atom. The maximum atomic E-state index is 13.6. The van der Waals surface area contributed by atoms with Gasteiger partial charge >= 0.3 is 0 Å². The molecule has 4 rings (SSSR count). The summed E-state index contributed by atoms with van der Waals surface area (Å²) in [7, 11) is 0. The first-order valence-corrected chi connectivity index (χ1v) is 10.5. The van der Waals surface area contributed by atoms with Gasteiger partial charge in [-0.15, -0.1) is 0 Å². The van der Waals surface area contributed by atoms with Crippen molar-refractivity contribution in [2.75, 3.05) is 13.1 Å². The summed E-state index contributed by atoms with van der Waals surface area (Å²) in [5.41, 5.74) is 4.61. The quantitative estimate of drug-likeness (QED) is 0.601. The molecule has 150 valence electrons. The van der Waals surface area contributed by atoms with E-state index in [4.69, 9.17) is 4.74 Å². The molecule has 0 N–H and O–H groups in total. The van der Waals surface area contributed by atoms with Gasteiger partial charge in [-0.25, -0.2) is 8.78 Å². The Hall–Kier alpha value is -1.78. The number of ether oxygens (including phenoxy) is 1. The van der Waals surface area contributed by atoms with E-state index in [1.165, 1.54) is 36.8 Å². The number of likely N-dealkylation sites (tertiary alicyclic amines) is 1. The van der Waals surface area contributed by atoms with Crippen molar-refractivity contribution in [2.45, 2.75) is 63.7 Å². The molecule has 0 amide bonds. The average Bonchev–Trinajstić information content (AvgIpc) is 3.20. The SMILES string of the molecule is FC1(F)CCCN(Cc2ccc(-c3ccc(COC4CCCC4)cc3)cc2)C1. The Bertz CT molecular complexity index is 751. The van der Waals surface area contributed by atoms with Gasteiger partial charge in [-0.3, -0.25) is 4.90 Å². The highest BCUT2D eigenvalue weighted by molar-refractivity contribution is 5.63. The Morgan fingerprint density at radius 2 is 1.46 bits per heavy atom. The van der Waals surface area contributed by atoms with Crippen LogP contribution in [0.25, 0.3) is 11.1 Å². The van der Waals surface area contributed by atoms with E-state index < -0.39 is 5.92 Å². The number of alkyl halides is 2. The Balaban J connectivity index is 1.33. The van der Waals surface area contributed by atoms with Gasteiger partial charge in [-0.1, -0.05) is 61.4 Å². The van der Waals surface area contributed by atoms with Gasteiger partial charge in [0, 0.05) is 13.0 Å². The Morgan fingerprint density at radius 3 is 2.07 bits per heavy atom. The van der Waals surface area contributed by atoms with Crippen LogP contribution < -0.4 is 0 Å².